The van der Waals surface area contributed by atoms with Crippen molar-refractivity contribution in [3.63, 3.8) is 0 Å². The van der Waals surface area contributed by atoms with Crippen LogP contribution >= 0.6 is 0 Å². The highest BCUT2D eigenvalue weighted by molar-refractivity contribution is 5.90. The molecule has 0 aliphatic carbocycles. The van der Waals surface area contributed by atoms with Crippen molar-refractivity contribution >= 4 is 17.5 Å². The second-order valence-corrected chi connectivity index (χ2v) is 5.73. The standard InChI is InChI=1S/C17H24N2O4/c1-11(20)6-9-16(12(2)21)19-17(23)15(18)8-7-13-4-3-5-14(22)10-13/h3-5,10,15-16,22H,6-9,18H2,1-2H3,(H,19,23)/t15-,16-/m0/s1. The minimum Gasteiger partial charge on any atom is -0.508 e. The predicted octanol–water partition coefficient (Wildman–Crippen LogP) is 1.10. The fraction of sp³-hybridized carbons (Fsp3) is 0.471. The van der Waals surface area contributed by atoms with Crippen LogP contribution in [0.15, 0.2) is 24.3 Å². The number of phenolic OH excluding ortho intramolecular Hbond substituents is 1. The first kappa shape index (κ1) is 18.8. The molecule has 1 aromatic carbocycles. The number of aryl methyl sites for hydroxylation is 1. The van der Waals surface area contributed by atoms with Crippen LogP contribution in [0.25, 0.3) is 0 Å². The molecule has 1 aromatic rings. The summed E-state index contributed by atoms with van der Waals surface area (Å²) in [7, 11) is 0. The molecule has 0 spiro atoms. The Balaban J connectivity index is 2.50. The molecule has 0 fully saturated rings. The van der Waals surface area contributed by atoms with E-state index in [4.69, 9.17) is 5.73 Å². The number of carbonyl (C=O) groups is 3. The number of phenols is 1. The molecule has 0 unspecified atom stereocenters. The molecule has 0 saturated heterocycles. The van der Waals surface area contributed by atoms with Gasteiger partial charge in [-0.3, -0.25) is 9.59 Å². The summed E-state index contributed by atoms with van der Waals surface area (Å²) in [6.07, 6.45) is 1.46. The summed E-state index contributed by atoms with van der Waals surface area (Å²) in [6.45, 7) is 2.82. The van der Waals surface area contributed by atoms with E-state index in [0.717, 1.165) is 5.56 Å². The van der Waals surface area contributed by atoms with Crippen molar-refractivity contribution in [2.24, 2.45) is 5.73 Å². The molecule has 0 heterocycles. The van der Waals surface area contributed by atoms with Gasteiger partial charge in [0.2, 0.25) is 5.91 Å². The van der Waals surface area contributed by atoms with Gasteiger partial charge in [0.05, 0.1) is 12.1 Å². The summed E-state index contributed by atoms with van der Waals surface area (Å²) in [6, 6.07) is 5.33. The summed E-state index contributed by atoms with van der Waals surface area (Å²) < 4.78 is 0. The van der Waals surface area contributed by atoms with Gasteiger partial charge in [0.15, 0.2) is 5.78 Å². The Morgan fingerprint density at radius 1 is 1.22 bits per heavy atom. The SMILES string of the molecule is CC(=O)CC[C@H](NC(=O)[C@@H](N)CCc1cccc(O)c1)C(C)=O. The molecule has 0 bridgehead atoms. The minimum atomic E-state index is -0.753. The molecule has 1 rings (SSSR count). The smallest absolute Gasteiger partial charge is 0.237 e. The Morgan fingerprint density at radius 2 is 1.91 bits per heavy atom. The monoisotopic (exact) mass is 320 g/mol. The Bertz CT molecular complexity index is 571. The maximum atomic E-state index is 12.1. The number of hydrogen-bond acceptors (Lipinski definition) is 5. The predicted molar refractivity (Wildman–Crippen MR) is 86.9 cm³/mol. The third-order valence-electron chi connectivity index (χ3n) is 3.58. The van der Waals surface area contributed by atoms with Gasteiger partial charge in [-0.25, -0.2) is 0 Å². The maximum Gasteiger partial charge on any atom is 0.237 e. The molecule has 0 aliphatic heterocycles. The van der Waals surface area contributed by atoms with Crippen LogP contribution in [0.3, 0.4) is 0 Å². The van der Waals surface area contributed by atoms with Crippen LogP contribution in [0, 0.1) is 0 Å². The molecule has 2 atom stereocenters. The van der Waals surface area contributed by atoms with Crippen LogP contribution in [0.4, 0.5) is 0 Å². The van der Waals surface area contributed by atoms with Gasteiger partial charge in [0.1, 0.15) is 11.5 Å². The Hall–Kier alpha value is -2.21. The van der Waals surface area contributed by atoms with E-state index in [1.54, 1.807) is 18.2 Å². The van der Waals surface area contributed by atoms with E-state index in [-0.39, 0.29) is 30.2 Å². The summed E-state index contributed by atoms with van der Waals surface area (Å²) in [5.41, 5.74) is 6.74. The van der Waals surface area contributed by atoms with E-state index in [0.29, 0.717) is 12.8 Å². The van der Waals surface area contributed by atoms with Crippen molar-refractivity contribution in [1.29, 1.82) is 0 Å². The molecule has 0 saturated carbocycles. The van der Waals surface area contributed by atoms with Crippen LogP contribution in [-0.2, 0) is 20.8 Å². The van der Waals surface area contributed by atoms with E-state index >= 15 is 0 Å². The number of amides is 1. The largest absolute Gasteiger partial charge is 0.508 e. The van der Waals surface area contributed by atoms with Crippen molar-refractivity contribution in [3.8, 4) is 5.75 Å². The number of nitrogens with two attached hydrogens (primary N) is 1. The van der Waals surface area contributed by atoms with Gasteiger partial charge >= 0.3 is 0 Å². The van der Waals surface area contributed by atoms with Gasteiger partial charge in [-0.1, -0.05) is 12.1 Å². The number of aromatic hydroxyl groups is 1. The first-order valence-corrected chi connectivity index (χ1v) is 7.63. The molecule has 1 amide bonds. The molecule has 0 aromatic heterocycles. The zero-order chi connectivity index (χ0) is 17.4. The highest BCUT2D eigenvalue weighted by atomic mass is 16.3. The first-order valence-electron chi connectivity index (χ1n) is 7.63. The molecule has 0 radical (unpaired) electrons. The molecule has 126 valence electrons. The molecule has 23 heavy (non-hydrogen) atoms. The van der Waals surface area contributed by atoms with Gasteiger partial charge in [0.25, 0.3) is 0 Å². The lowest BCUT2D eigenvalue weighted by molar-refractivity contribution is -0.128. The lowest BCUT2D eigenvalue weighted by Gasteiger charge is -2.18. The number of benzene rings is 1. The fourth-order valence-corrected chi connectivity index (χ4v) is 2.17. The molecular formula is C17H24N2O4. The molecule has 0 aliphatic rings. The summed E-state index contributed by atoms with van der Waals surface area (Å²) in [5.74, 6) is -0.464. The van der Waals surface area contributed by atoms with E-state index in [1.165, 1.54) is 13.8 Å². The maximum absolute atomic E-state index is 12.1. The van der Waals surface area contributed by atoms with Crippen molar-refractivity contribution in [1.82, 2.24) is 5.32 Å². The van der Waals surface area contributed by atoms with Gasteiger partial charge in [-0.15, -0.1) is 0 Å². The molecule has 6 nitrogen and oxygen atoms in total. The van der Waals surface area contributed by atoms with E-state index in [9.17, 15) is 19.5 Å². The van der Waals surface area contributed by atoms with Gasteiger partial charge in [-0.2, -0.15) is 0 Å². The Labute approximate surface area is 136 Å². The summed E-state index contributed by atoms with van der Waals surface area (Å²) in [5, 5.41) is 12.0. The fourth-order valence-electron chi connectivity index (χ4n) is 2.17. The molecular weight excluding hydrogens is 296 g/mol. The first-order chi connectivity index (χ1) is 10.8. The normalized spacial score (nSPS) is 13.2. The number of rotatable bonds is 9. The number of carbonyl (C=O) groups excluding carboxylic acids is 3. The van der Waals surface area contributed by atoms with Crippen molar-refractivity contribution in [3.05, 3.63) is 29.8 Å². The number of hydrogen-bond donors (Lipinski definition) is 3. The van der Waals surface area contributed by atoms with Crippen molar-refractivity contribution in [2.45, 2.75) is 51.6 Å². The van der Waals surface area contributed by atoms with Crippen LogP contribution in [0.1, 0.15) is 38.7 Å². The van der Waals surface area contributed by atoms with Crippen molar-refractivity contribution in [2.75, 3.05) is 0 Å². The van der Waals surface area contributed by atoms with Gasteiger partial charge < -0.3 is 21.0 Å². The van der Waals surface area contributed by atoms with Crippen LogP contribution in [0.2, 0.25) is 0 Å². The van der Waals surface area contributed by atoms with Crippen LogP contribution < -0.4 is 11.1 Å². The lowest BCUT2D eigenvalue weighted by Crippen LogP contribution is -2.48. The third kappa shape index (κ3) is 7.06. The second kappa shape index (κ2) is 9.05. The number of Topliss-reactive ketones (excluding diaryl/α,β-unsaturated/α-hetero) is 2. The average molecular weight is 320 g/mol. The highest BCUT2D eigenvalue weighted by Crippen LogP contribution is 2.13. The van der Waals surface area contributed by atoms with Crippen LogP contribution in [0.5, 0.6) is 5.75 Å². The van der Waals surface area contributed by atoms with E-state index in [1.807, 2.05) is 6.07 Å². The average Bonchev–Trinajstić information content (AvgIpc) is 2.48. The van der Waals surface area contributed by atoms with Gasteiger partial charge in [0, 0.05) is 6.42 Å². The Kier molecular flexibility index (Phi) is 7.41. The van der Waals surface area contributed by atoms with Crippen molar-refractivity contribution < 1.29 is 19.5 Å². The Morgan fingerprint density at radius 3 is 2.48 bits per heavy atom. The van der Waals surface area contributed by atoms with E-state index in [2.05, 4.69) is 5.32 Å². The summed E-state index contributed by atoms with van der Waals surface area (Å²) in [4.78, 5) is 34.6. The lowest BCUT2D eigenvalue weighted by atomic mass is 10.0. The second-order valence-electron chi connectivity index (χ2n) is 5.73. The molecule has 4 N–H and O–H groups in total. The van der Waals surface area contributed by atoms with Crippen LogP contribution in [-0.4, -0.2) is 34.7 Å². The third-order valence-corrected chi connectivity index (χ3v) is 3.58. The quantitative estimate of drug-likeness (QED) is 0.631. The van der Waals surface area contributed by atoms with Gasteiger partial charge in [-0.05, 0) is 50.8 Å². The van der Waals surface area contributed by atoms with E-state index < -0.39 is 18.0 Å². The zero-order valence-corrected chi connectivity index (χ0v) is 13.5. The number of nitrogens with one attached hydrogen (secondary N) is 1. The zero-order valence-electron chi connectivity index (χ0n) is 13.5. The number of ketones is 2. The molecule has 6 heteroatoms. The highest BCUT2D eigenvalue weighted by Gasteiger charge is 2.21. The summed E-state index contributed by atoms with van der Waals surface area (Å²) >= 11 is 0. The topological polar surface area (TPSA) is 109 Å². The minimum absolute atomic E-state index is 0.0290.